The van der Waals surface area contributed by atoms with Gasteiger partial charge < -0.3 is 10.0 Å². The third-order valence-corrected chi connectivity index (χ3v) is 4.60. The SMILES string of the molecule is CCc1cc(-n2cnc(C(=O)O)c2)nc(N2CCc3ccccc3C2)n1. The number of aromatic carboxylic acids is 1. The second kappa shape index (κ2) is 6.59. The van der Waals surface area contributed by atoms with Gasteiger partial charge in [0.25, 0.3) is 0 Å². The monoisotopic (exact) mass is 349 g/mol. The number of hydrogen-bond donors (Lipinski definition) is 1. The van der Waals surface area contributed by atoms with Crippen LogP contribution in [0.25, 0.3) is 5.82 Å². The quantitative estimate of drug-likeness (QED) is 0.779. The van der Waals surface area contributed by atoms with Crippen molar-refractivity contribution in [1.29, 1.82) is 0 Å². The molecule has 0 atom stereocenters. The van der Waals surface area contributed by atoms with Crippen LogP contribution >= 0.6 is 0 Å². The van der Waals surface area contributed by atoms with Crippen LogP contribution in [0, 0.1) is 0 Å². The number of imidazole rings is 1. The number of anilines is 1. The zero-order valence-electron chi connectivity index (χ0n) is 14.5. The molecule has 0 aliphatic carbocycles. The van der Waals surface area contributed by atoms with Gasteiger partial charge in [0.1, 0.15) is 12.1 Å². The minimum Gasteiger partial charge on any atom is -0.476 e. The van der Waals surface area contributed by atoms with Gasteiger partial charge >= 0.3 is 5.97 Å². The predicted octanol–water partition coefficient (Wildman–Crippen LogP) is 2.49. The number of aryl methyl sites for hydroxylation is 1. The third-order valence-electron chi connectivity index (χ3n) is 4.60. The largest absolute Gasteiger partial charge is 0.476 e. The normalized spacial score (nSPS) is 13.5. The molecule has 0 radical (unpaired) electrons. The van der Waals surface area contributed by atoms with Gasteiger partial charge in [-0.05, 0) is 24.0 Å². The Morgan fingerprint density at radius 2 is 2.04 bits per heavy atom. The van der Waals surface area contributed by atoms with Gasteiger partial charge in [-0.15, -0.1) is 0 Å². The van der Waals surface area contributed by atoms with E-state index in [2.05, 4.69) is 44.1 Å². The van der Waals surface area contributed by atoms with Crippen LogP contribution in [-0.4, -0.2) is 37.1 Å². The van der Waals surface area contributed by atoms with Gasteiger partial charge in [-0.25, -0.2) is 14.8 Å². The summed E-state index contributed by atoms with van der Waals surface area (Å²) in [6, 6.07) is 10.3. The lowest BCUT2D eigenvalue weighted by Gasteiger charge is -2.29. The van der Waals surface area contributed by atoms with Gasteiger partial charge in [0.15, 0.2) is 5.69 Å². The Morgan fingerprint density at radius 3 is 2.77 bits per heavy atom. The molecule has 4 rings (SSSR count). The molecule has 0 bridgehead atoms. The molecule has 1 aromatic carbocycles. The number of rotatable bonds is 4. The molecule has 3 heterocycles. The minimum atomic E-state index is -1.05. The molecule has 26 heavy (non-hydrogen) atoms. The Kier molecular flexibility index (Phi) is 4.12. The van der Waals surface area contributed by atoms with E-state index in [9.17, 15) is 4.79 Å². The van der Waals surface area contributed by atoms with E-state index in [0.29, 0.717) is 11.8 Å². The number of nitrogens with zero attached hydrogens (tertiary/aromatic N) is 5. The standard InChI is InChI=1S/C19H19N5O2/c1-2-15-9-17(24-11-16(18(25)26)20-12-24)22-19(21-15)23-8-7-13-5-3-4-6-14(13)10-23/h3-6,9,11-12H,2,7-8,10H2,1H3,(H,25,26). The van der Waals surface area contributed by atoms with E-state index in [1.807, 2.05) is 13.0 Å². The van der Waals surface area contributed by atoms with E-state index in [0.717, 1.165) is 31.6 Å². The van der Waals surface area contributed by atoms with Gasteiger partial charge in [0, 0.05) is 31.0 Å². The summed E-state index contributed by atoms with van der Waals surface area (Å²) in [6.07, 6.45) is 4.67. The highest BCUT2D eigenvalue weighted by Gasteiger charge is 2.19. The summed E-state index contributed by atoms with van der Waals surface area (Å²) in [5.74, 6) is 0.242. The molecule has 0 fully saturated rings. The van der Waals surface area contributed by atoms with Gasteiger partial charge in [-0.2, -0.15) is 4.98 Å². The number of benzene rings is 1. The van der Waals surface area contributed by atoms with E-state index in [4.69, 9.17) is 5.11 Å². The van der Waals surface area contributed by atoms with Crippen molar-refractivity contribution in [3.8, 4) is 5.82 Å². The fraction of sp³-hybridized carbons (Fsp3) is 0.263. The Hall–Kier alpha value is -3.22. The lowest BCUT2D eigenvalue weighted by molar-refractivity contribution is 0.0691. The molecule has 2 aromatic heterocycles. The zero-order valence-corrected chi connectivity index (χ0v) is 14.5. The summed E-state index contributed by atoms with van der Waals surface area (Å²) in [4.78, 5) is 26.5. The highest BCUT2D eigenvalue weighted by Crippen LogP contribution is 2.23. The van der Waals surface area contributed by atoms with Gasteiger partial charge in [0.05, 0.1) is 0 Å². The maximum Gasteiger partial charge on any atom is 0.356 e. The molecule has 7 nitrogen and oxygen atoms in total. The number of fused-ring (bicyclic) bond motifs is 1. The van der Waals surface area contributed by atoms with Crippen LogP contribution in [-0.2, 0) is 19.4 Å². The topological polar surface area (TPSA) is 84.1 Å². The lowest BCUT2D eigenvalue weighted by Crippen LogP contribution is -2.32. The van der Waals surface area contributed by atoms with E-state index in [-0.39, 0.29) is 5.69 Å². The van der Waals surface area contributed by atoms with Crippen LogP contribution in [0.2, 0.25) is 0 Å². The summed E-state index contributed by atoms with van der Waals surface area (Å²) in [5.41, 5.74) is 3.57. The lowest BCUT2D eigenvalue weighted by atomic mass is 10.0. The maximum atomic E-state index is 11.1. The number of carboxylic acids is 1. The highest BCUT2D eigenvalue weighted by molar-refractivity contribution is 5.85. The molecule has 0 spiro atoms. The van der Waals surface area contributed by atoms with Crippen molar-refractivity contribution in [2.45, 2.75) is 26.3 Å². The molecule has 132 valence electrons. The second-order valence-electron chi connectivity index (χ2n) is 6.28. The van der Waals surface area contributed by atoms with Crippen molar-refractivity contribution in [3.63, 3.8) is 0 Å². The number of carboxylic acid groups (broad SMARTS) is 1. The molecular formula is C19H19N5O2. The molecule has 0 unspecified atom stereocenters. The van der Waals surface area contributed by atoms with Gasteiger partial charge in [-0.3, -0.25) is 4.57 Å². The molecule has 1 aliphatic rings. The van der Waals surface area contributed by atoms with Crippen LogP contribution in [0.1, 0.15) is 34.2 Å². The molecule has 0 saturated carbocycles. The van der Waals surface area contributed by atoms with E-state index in [1.165, 1.54) is 23.7 Å². The van der Waals surface area contributed by atoms with E-state index < -0.39 is 5.97 Å². The van der Waals surface area contributed by atoms with Crippen molar-refractivity contribution in [1.82, 2.24) is 19.5 Å². The van der Waals surface area contributed by atoms with Gasteiger partial charge in [0.2, 0.25) is 5.95 Å². The van der Waals surface area contributed by atoms with Crippen LogP contribution in [0.3, 0.4) is 0 Å². The first-order valence-corrected chi connectivity index (χ1v) is 8.61. The van der Waals surface area contributed by atoms with Crippen molar-refractivity contribution < 1.29 is 9.90 Å². The second-order valence-corrected chi connectivity index (χ2v) is 6.28. The molecule has 7 heteroatoms. The number of aromatic nitrogens is 4. The summed E-state index contributed by atoms with van der Waals surface area (Å²) in [6.45, 7) is 3.67. The number of hydrogen-bond acceptors (Lipinski definition) is 5. The zero-order chi connectivity index (χ0) is 18.1. The maximum absolute atomic E-state index is 11.1. The van der Waals surface area contributed by atoms with Crippen LogP contribution < -0.4 is 4.90 Å². The molecular weight excluding hydrogens is 330 g/mol. The summed E-state index contributed by atoms with van der Waals surface area (Å²) >= 11 is 0. The Labute approximate surface area is 151 Å². The van der Waals surface area contributed by atoms with Gasteiger partial charge in [-0.1, -0.05) is 31.2 Å². The van der Waals surface area contributed by atoms with Crippen LogP contribution in [0.4, 0.5) is 5.95 Å². The fourth-order valence-corrected chi connectivity index (χ4v) is 3.15. The molecule has 0 amide bonds. The van der Waals surface area contributed by atoms with Crippen molar-refractivity contribution in [2.75, 3.05) is 11.4 Å². The molecule has 0 saturated heterocycles. The van der Waals surface area contributed by atoms with E-state index >= 15 is 0 Å². The average molecular weight is 349 g/mol. The first-order chi connectivity index (χ1) is 12.6. The summed E-state index contributed by atoms with van der Waals surface area (Å²) in [5, 5.41) is 9.08. The fourth-order valence-electron chi connectivity index (χ4n) is 3.15. The Morgan fingerprint density at radius 1 is 1.23 bits per heavy atom. The van der Waals surface area contributed by atoms with Crippen molar-refractivity contribution in [3.05, 3.63) is 65.4 Å². The molecule has 1 N–H and O–H groups in total. The molecule has 1 aliphatic heterocycles. The predicted molar refractivity (Wildman–Crippen MR) is 96.7 cm³/mol. The summed E-state index contributed by atoms with van der Waals surface area (Å²) in [7, 11) is 0. The average Bonchev–Trinajstić information content (AvgIpc) is 3.18. The van der Waals surface area contributed by atoms with Crippen molar-refractivity contribution >= 4 is 11.9 Å². The smallest absolute Gasteiger partial charge is 0.356 e. The molecule has 3 aromatic rings. The van der Waals surface area contributed by atoms with Crippen LogP contribution in [0.5, 0.6) is 0 Å². The Balaban J connectivity index is 1.69. The highest BCUT2D eigenvalue weighted by atomic mass is 16.4. The van der Waals surface area contributed by atoms with Crippen LogP contribution in [0.15, 0.2) is 42.9 Å². The third kappa shape index (κ3) is 3.03. The van der Waals surface area contributed by atoms with E-state index in [1.54, 1.807) is 4.57 Å². The first-order valence-electron chi connectivity index (χ1n) is 8.61. The Bertz CT molecular complexity index is 966. The first kappa shape index (κ1) is 16.3. The van der Waals surface area contributed by atoms with Crippen molar-refractivity contribution in [2.24, 2.45) is 0 Å². The minimum absolute atomic E-state index is 0.00453. The summed E-state index contributed by atoms with van der Waals surface area (Å²) < 4.78 is 1.63. The number of carbonyl (C=O) groups is 1.